The van der Waals surface area contributed by atoms with E-state index in [9.17, 15) is 9.90 Å². The Morgan fingerprint density at radius 2 is 1.96 bits per heavy atom. The van der Waals surface area contributed by atoms with Crippen LogP contribution in [0.3, 0.4) is 0 Å². The second-order valence-corrected chi connectivity index (χ2v) is 5.95. The highest BCUT2D eigenvalue weighted by atomic mass is 16.3. The van der Waals surface area contributed by atoms with E-state index in [1.807, 2.05) is 18.2 Å². The Kier molecular flexibility index (Phi) is 5.00. The summed E-state index contributed by atoms with van der Waals surface area (Å²) in [6, 6.07) is 9.03. The van der Waals surface area contributed by atoms with E-state index in [4.69, 9.17) is 0 Å². The van der Waals surface area contributed by atoms with Crippen LogP contribution in [0.2, 0.25) is 0 Å². The fraction of sp³-hybridized carbons (Fsp3) is 0.412. The van der Waals surface area contributed by atoms with Gasteiger partial charge in [0.1, 0.15) is 5.75 Å². The Hall–Kier alpha value is -2.54. The Bertz CT molecular complexity index is 738. The third kappa shape index (κ3) is 3.86. The molecule has 1 fully saturated rings. The minimum absolute atomic E-state index is 0.115. The molecule has 0 bridgehead atoms. The summed E-state index contributed by atoms with van der Waals surface area (Å²) in [5.41, 5.74) is 1.55. The van der Waals surface area contributed by atoms with Gasteiger partial charge < -0.3 is 15.3 Å². The topological polar surface area (TPSA) is 73.6 Å². The summed E-state index contributed by atoms with van der Waals surface area (Å²) in [5.74, 6) is 0.339. The molecule has 1 aliphatic heterocycles. The first kappa shape index (κ1) is 16.3. The van der Waals surface area contributed by atoms with Crippen LogP contribution in [0.25, 0.3) is 0 Å². The Morgan fingerprint density at radius 3 is 2.67 bits per heavy atom. The predicted molar refractivity (Wildman–Crippen MR) is 94.7 cm³/mol. The number of aryl methyl sites for hydroxylation is 1. The Labute approximate surface area is 141 Å². The highest BCUT2D eigenvalue weighted by molar-refractivity contribution is 5.57. The van der Waals surface area contributed by atoms with Gasteiger partial charge in [-0.3, -0.25) is 9.69 Å². The highest BCUT2D eigenvalue weighted by Gasteiger charge is 2.18. The lowest BCUT2D eigenvalue weighted by molar-refractivity contribution is 0.266. The van der Waals surface area contributed by atoms with Crippen LogP contribution in [0.5, 0.6) is 5.75 Å². The van der Waals surface area contributed by atoms with E-state index >= 15 is 0 Å². The summed E-state index contributed by atoms with van der Waals surface area (Å²) in [6.07, 6.45) is 1.66. The third-order valence-corrected chi connectivity index (χ3v) is 4.32. The lowest BCUT2D eigenvalue weighted by Crippen LogP contribution is -2.47. The summed E-state index contributed by atoms with van der Waals surface area (Å²) < 4.78 is 1.31. The van der Waals surface area contributed by atoms with Gasteiger partial charge in [-0.05, 0) is 12.1 Å². The number of para-hydroxylation sites is 2. The molecule has 0 amide bonds. The quantitative estimate of drug-likeness (QED) is 0.842. The van der Waals surface area contributed by atoms with E-state index < -0.39 is 0 Å². The molecule has 1 aromatic carbocycles. The molecule has 0 unspecified atom stereocenters. The van der Waals surface area contributed by atoms with Gasteiger partial charge >= 0.3 is 0 Å². The van der Waals surface area contributed by atoms with E-state index in [1.54, 1.807) is 25.4 Å². The number of hydrogen-bond acceptors (Lipinski definition) is 6. The van der Waals surface area contributed by atoms with Crippen LogP contribution >= 0.6 is 0 Å². The van der Waals surface area contributed by atoms with Gasteiger partial charge in [0, 0.05) is 52.4 Å². The molecule has 0 aliphatic carbocycles. The van der Waals surface area contributed by atoms with Crippen molar-refractivity contribution in [1.82, 2.24) is 14.7 Å². The maximum absolute atomic E-state index is 11.5. The first-order valence-electron chi connectivity index (χ1n) is 8.16. The van der Waals surface area contributed by atoms with E-state index in [0.29, 0.717) is 5.75 Å². The smallest absolute Gasteiger partial charge is 0.268 e. The molecule has 24 heavy (non-hydrogen) atoms. The molecule has 0 saturated carbocycles. The zero-order chi connectivity index (χ0) is 16.9. The number of nitrogens with zero attached hydrogens (tertiary/aromatic N) is 4. The second kappa shape index (κ2) is 7.35. The number of aromatic nitrogens is 2. The minimum atomic E-state index is -0.115. The number of hydrogen-bond donors (Lipinski definition) is 2. The molecule has 1 aliphatic rings. The number of nitrogens with one attached hydrogen (secondary N) is 1. The van der Waals surface area contributed by atoms with Gasteiger partial charge in [0.25, 0.3) is 5.56 Å². The van der Waals surface area contributed by atoms with Crippen molar-refractivity contribution in [3.8, 4) is 5.75 Å². The van der Waals surface area contributed by atoms with Crippen LogP contribution in [0, 0.1) is 0 Å². The average Bonchev–Trinajstić information content (AvgIpc) is 2.59. The molecule has 3 rings (SSSR count). The molecule has 7 heteroatoms. The average molecular weight is 329 g/mol. The molecular weight excluding hydrogens is 306 g/mol. The summed E-state index contributed by atoms with van der Waals surface area (Å²) in [5, 5.41) is 17.2. The fourth-order valence-electron chi connectivity index (χ4n) is 2.87. The van der Waals surface area contributed by atoms with Crippen molar-refractivity contribution in [3.63, 3.8) is 0 Å². The predicted octanol–water partition coefficient (Wildman–Crippen LogP) is 0.720. The summed E-state index contributed by atoms with van der Waals surface area (Å²) >= 11 is 0. The van der Waals surface area contributed by atoms with E-state index in [1.165, 1.54) is 4.68 Å². The highest BCUT2D eigenvalue weighted by Crippen LogP contribution is 2.27. The Balaban J connectivity index is 1.45. The maximum atomic E-state index is 11.5. The molecule has 1 saturated heterocycles. The number of phenolic OH excluding ortho intramolecular Hbond substituents is 1. The van der Waals surface area contributed by atoms with Crippen LogP contribution in [-0.4, -0.2) is 59.1 Å². The first-order chi connectivity index (χ1) is 11.6. The molecule has 0 spiro atoms. The largest absolute Gasteiger partial charge is 0.506 e. The summed E-state index contributed by atoms with van der Waals surface area (Å²) in [7, 11) is 1.64. The van der Waals surface area contributed by atoms with Gasteiger partial charge in [-0.15, -0.1) is 0 Å². The summed E-state index contributed by atoms with van der Waals surface area (Å²) in [4.78, 5) is 16.1. The minimum Gasteiger partial charge on any atom is -0.506 e. The molecule has 2 N–H and O–H groups in total. The molecule has 0 atom stereocenters. The van der Waals surface area contributed by atoms with Gasteiger partial charge in [-0.25, -0.2) is 4.68 Å². The number of piperazine rings is 1. The van der Waals surface area contributed by atoms with E-state index in [2.05, 4.69) is 20.2 Å². The SMILES string of the molecule is Cn1ncc(NCCN2CCN(c3ccccc3O)CC2)cc1=O. The lowest BCUT2D eigenvalue weighted by atomic mass is 10.2. The molecule has 7 nitrogen and oxygen atoms in total. The zero-order valence-corrected chi connectivity index (χ0v) is 13.9. The third-order valence-electron chi connectivity index (χ3n) is 4.32. The monoisotopic (exact) mass is 329 g/mol. The van der Waals surface area contributed by atoms with E-state index in [0.717, 1.165) is 50.6 Å². The van der Waals surface area contributed by atoms with Gasteiger partial charge in [-0.1, -0.05) is 12.1 Å². The van der Waals surface area contributed by atoms with Crippen molar-refractivity contribution >= 4 is 11.4 Å². The van der Waals surface area contributed by atoms with E-state index in [-0.39, 0.29) is 5.56 Å². The van der Waals surface area contributed by atoms with Crippen LogP contribution in [0.15, 0.2) is 41.3 Å². The van der Waals surface area contributed by atoms with Crippen molar-refractivity contribution in [2.75, 3.05) is 49.5 Å². The zero-order valence-electron chi connectivity index (χ0n) is 13.9. The molecule has 2 aromatic rings. The number of aromatic hydroxyl groups is 1. The number of rotatable bonds is 5. The van der Waals surface area contributed by atoms with Crippen LogP contribution < -0.4 is 15.8 Å². The molecular formula is C17H23N5O2. The van der Waals surface area contributed by atoms with Crippen molar-refractivity contribution < 1.29 is 5.11 Å². The van der Waals surface area contributed by atoms with Gasteiger partial charge in [-0.2, -0.15) is 5.10 Å². The molecule has 2 heterocycles. The second-order valence-electron chi connectivity index (χ2n) is 5.95. The van der Waals surface area contributed by atoms with Gasteiger partial charge in [0.05, 0.1) is 17.6 Å². The first-order valence-corrected chi connectivity index (χ1v) is 8.16. The lowest BCUT2D eigenvalue weighted by Gasteiger charge is -2.36. The van der Waals surface area contributed by atoms with Gasteiger partial charge in [0.15, 0.2) is 0 Å². The fourth-order valence-corrected chi connectivity index (χ4v) is 2.87. The number of anilines is 2. The van der Waals surface area contributed by atoms with Crippen molar-refractivity contribution in [3.05, 3.63) is 46.9 Å². The number of benzene rings is 1. The van der Waals surface area contributed by atoms with Crippen LogP contribution in [-0.2, 0) is 7.05 Å². The van der Waals surface area contributed by atoms with Crippen LogP contribution in [0.1, 0.15) is 0 Å². The standard InChI is InChI=1S/C17H23N5O2/c1-20-17(24)12-14(13-19-20)18-6-7-21-8-10-22(11-9-21)15-4-2-3-5-16(15)23/h2-5,12-13,18,23H,6-11H2,1H3. The maximum Gasteiger partial charge on any atom is 0.268 e. The van der Waals surface area contributed by atoms with Gasteiger partial charge in [0.2, 0.25) is 0 Å². The van der Waals surface area contributed by atoms with Crippen molar-refractivity contribution in [2.24, 2.45) is 7.05 Å². The van der Waals surface area contributed by atoms with Crippen molar-refractivity contribution in [2.45, 2.75) is 0 Å². The summed E-state index contributed by atoms with van der Waals surface area (Å²) in [6.45, 7) is 5.36. The normalized spacial score (nSPS) is 15.5. The Morgan fingerprint density at radius 1 is 1.21 bits per heavy atom. The molecule has 1 aromatic heterocycles. The molecule has 0 radical (unpaired) electrons. The van der Waals surface area contributed by atoms with Crippen molar-refractivity contribution in [1.29, 1.82) is 0 Å². The number of phenols is 1. The van der Waals surface area contributed by atoms with Crippen LogP contribution in [0.4, 0.5) is 11.4 Å². The molecule has 128 valence electrons.